The highest BCUT2D eigenvalue weighted by atomic mass is 32.1. The lowest BCUT2D eigenvalue weighted by atomic mass is 9.98. The number of hydrogen-bond donors (Lipinski definition) is 2. The molecule has 128 valence electrons. The van der Waals surface area contributed by atoms with E-state index in [1.807, 2.05) is 5.38 Å². The van der Waals surface area contributed by atoms with Gasteiger partial charge in [0.25, 0.3) is 0 Å². The van der Waals surface area contributed by atoms with E-state index in [2.05, 4.69) is 41.4 Å². The van der Waals surface area contributed by atoms with Crippen molar-refractivity contribution in [3.8, 4) is 5.88 Å². The molecule has 0 saturated heterocycles. The summed E-state index contributed by atoms with van der Waals surface area (Å²) in [5, 5.41) is 7.88. The van der Waals surface area contributed by atoms with Gasteiger partial charge in [-0.15, -0.1) is 11.3 Å². The Morgan fingerprint density at radius 3 is 2.67 bits per heavy atom. The van der Waals surface area contributed by atoms with Gasteiger partial charge in [0.1, 0.15) is 5.69 Å². The van der Waals surface area contributed by atoms with Gasteiger partial charge >= 0.3 is 11.8 Å². The van der Waals surface area contributed by atoms with E-state index in [1.54, 1.807) is 12.1 Å². The van der Waals surface area contributed by atoms with Crippen LogP contribution >= 0.6 is 11.3 Å². The van der Waals surface area contributed by atoms with Gasteiger partial charge in [-0.05, 0) is 12.1 Å². The summed E-state index contributed by atoms with van der Waals surface area (Å²) < 4.78 is 5.02. The van der Waals surface area contributed by atoms with Gasteiger partial charge in [0.2, 0.25) is 5.88 Å². The van der Waals surface area contributed by atoms with Gasteiger partial charge in [-0.3, -0.25) is 9.59 Å². The SMILES string of the molecule is COc1ncccc1NC(=O)C(=O)NCc1csc(C(C)(C)C)n1. The van der Waals surface area contributed by atoms with Gasteiger partial charge in [-0.1, -0.05) is 20.8 Å². The number of nitrogens with zero attached hydrogens (tertiary/aromatic N) is 2. The lowest BCUT2D eigenvalue weighted by Crippen LogP contribution is -2.35. The largest absolute Gasteiger partial charge is 0.480 e. The van der Waals surface area contributed by atoms with Gasteiger partial charge in [0.05, 0.1) is 24.4 Å². The van der Waals surface area contributed by atoms with Crippen LogP contribution in [0.25, 0.3) is 0 Å². The van der Waals surface area contributed by atoms with Crippen molar-refractivity contribution in [2.75, 3.05) is 12.4 Å². The predicted molar refractivity (Wildman–Crippen MR) is 92.1 cm³/mol. The lowest BCUT2D eigenvalue weighted by Gasteiger charge is -2.13. The standard InChI is InChI=1S/C16H20N4O3S/c1-16(2,3)15-19-10(9-24-15)8-18-12(21)13(22)20-11-6-5-7-17-14(11)23-4/h5-7,9H,8H2,1-4H3,(H,18,21)(H,20,22). The molecule has 2 amide bonds. The zero-order valence-electron chi connectivity index (χ0n) is 14.0. The number of carbonyl (C=O) groups is 2. The van der Waals surface area contributed by atoms with E-state index in [0.29, 0.717) is 5.69 Å². The fraction of sp³-hybridized carbons (Fsp3) is 0.375. The van der Waals surface area contributed by atoms with Crippen LogP contribution in [-0.4, -0.2) is 28.9 Å². The van der Waals surface area contributed by atoms with Crippen LogP contribution in [0, 0.1) is 0 Å². The van der Waals surface area contributed by atoms with Crippen molar-refractivity contribution in [1.82, 2.24) is 15.3 Å². The number of hydrogen-bond acceptors (Lipinski definition) is 6. The van der Waals surface area contributed by atoms with E-state index >= 15 is 0 Å². The maximum absolute atomic E-state index is 11.9. The molecule has 0 aromatic carbocycles. The van der Waals surface area contributed by atoms with Crippen LogP contribution in [0.1, 0.15) is 31.5 Å². The second-order valence-electron chi connectivity index (χ2n) is 6.09. The molecule has 2 heterocycles. The molecular formula is C16H20N4O3S. The molecule has 2 aromatic heterocycles. The van der Waals surface area contributed by atoms with Crippen molar-refractivity contribution < 1.29 is 14.3 Å². The molecule has 0 bridgehead atoms. The molecule has 0 aliphatic rings. The topological polar surface area (TPSA) is 93.2 Å². The maximum Gasteiger partial charge on any atom is 0.313 e. The Balaban J connectivity index is 1.92. The van der Waals surface area contributed by atoms with Crippen LogP contribution < -0.4 is 15.4 Å². The van der Waals surface area contributed by atoms with Gasteiger partial charge in [-0.25, -0.2) is 9.97 Å². The first-order valence-electron chi connectivity index (χ1n) is 7.34. The number of thiazole rings is 1. The Morgan fingerprint density at radius 1 is 1.29 bits per heavy atom. The summed E-state index contributed by atoms with van der Waals surface area (Å²) in [7, 11) is 1.44. The second kappa shape index (κ2) is 7.39. The highest BCUT2D eigenvalue weighted by molar-refractivity contribution is 7.09. The summed E-state index contributed by atoms with van der Waals surface area (Å²) in [5.41, 5.74) is 1.02. The highest BCUT2D eigenvalue weighted by Crippen LogP contribution is 2.25. The Bertz CT molecular complexity index is 737. The molecule has 2 rings (SSSR count). The fourth-order valence-electron chi connectivity index (χ4n) is 1.81. The van der Waals surface area contributed by atoms with Gasteiger partial charge in [0, 0.05) is 17.0 Å². The Kier molecular flexibility index (Phi) is 5.50. The van der Waals surface area contributed by atoms with Crippen molar-refractivity contribution in [1.29, 1.82) is 0 Å². The van der Waals surface area contributed by atoms with Crippen molar-refractivity contribution in [3.05, 3.63) is 34.4 Å². The molecular weight excluding hydrogens is 328 g/mol. The Morgan fingerprint density at radius 2 is 2.04 bits per heavy atom. The molecule has 0 saturated carbocycles. The number of anilines is 1. The molecule has 0 spiro atoms. The van der Waals surface area contributed by atoms with Crippen LogP contribution in [0.5, 0.6) is 5.88 Å². The smallest absolute Gasteiger partial charge is 0.313 e. The number of methoxy groups -OCH3 is 1. The van der Waals surface area contributed by atoms with Crippen LogP contribution in [0.15, 0.2) is 23.7 Å². The van der Waals surface area contributed by atoms with Crippen molar-refractivity contribution >= 4 is 28.8 Å². The molecule has 0 fully saturated rings. The first-order chi connectivity index (χ1) is 11.3. The number of pyridine rings is 1. The number of ether oxygens (including phenoxy) is 1. The predicted octanol–water partition coefficient (Wildman–Crippen LogP) is 2.10. The first-order valence-corrected chi connectivity index (χ1v) is 8.22. The maximum atomic E-state index is 11.9. The molecule has 8 heteroatoms. The minimum Gasteiger partial charge on any atom is -0.480 e. The van der Waals surface area contributed by atoms with Crippen LogP contribution in [-0.2, 0) is 21.5 Å². The summed E-state index contributed by atoms with van der Waals surface area (Å²) in [4.78, 5) is 32.3. The summed E-state index contributed by atoms with van der Waals surface area (Å²) in [6, 6.07) is 3.24. The van der Waals surface area contributed by atoms with Crippen molar-refractivity contribution in [3.63, 3.8) is 0 Å². The number of nitrogens with one attached hydrogen (secondary N) is 2. The minimum absolute atomic E-state index is 0.0405. The molecule has 0 atom stereocenters. The van der Waals surface area contributed by atoms with Gasteiger partial charge < -0.3 is 15.4 Å². The highest BCUT2D eigenvalue weighted by Gasteiger charge is 2.19. The van der Waals surface area contributed by atoms with E-state index in [4.69, 9.17) is 4.74 Å². The number of amides is 2. The molecule has 0 unspecified atom stereocenters. The van der Waals surface area contributed by atoms with Crippen LogP contribution in [0.2, 0.25) is 0 Å². The minimum atomic E-state index is -0.785. The van der Waals surface area contributed by atoms with Crippen molar-refractivity contribution in [2.24, 2.45) is 0 Å². The van der Waals surface area contributed by atoms with Crippen LogP contribution in [0.3, 0.4) is 0 Å². The molecule has 24 heavy (non-hydrogen) atoms. The Labute approximate surface area is 144 Å². The monoisotopic (exact) mass is 348 g/mol. The zero-order valence-corrected chi connectivity index (χ0v) is 14.9. The molecule has 7 nitrogen and oxygen atoms in total. The van der Waals surface area contributed by atoms with Gasteiger partial charge in [0.15, 0.2) is 0 Å². The second-order valence-corrected chi connectivity index (χ2v) is 6.95. The fourth-order valence-corrected chi connectivity index (χ4v) is 2.72. The third-order valence-electron chi connectivity index (χ3n) is 3.04. The molecule has 0 aliphatic heterocycles. The van der Waals surface area contributed by atoms with E-state index < -0.39 is 11.8 Å². The van der Waals surface area contributed by atoms with E-state index in [1.165, 1.54) is 24.6 Å². The molecule has 0 aliphatic carbocycles. The van der Waals surface area contributed by atoms with Crippen molar-refractivity contribution in [2.45, 2.75) is 32.7 Å². The summed E-state index contributed by atoms with van der Waals surface area (Å²) in [6.45, 7) is 6.41. The van der Waals surface area contributed by atoms with E-state index in [9.17, 15) is 9.59 Å². The third-order valence-corrected chi connectivity index (χ3v) is 4.36. The summed E-state index contributed by atoms with van der Waals surface area (Å²) in [5.74, 6) is -1.29. The quantitative estimate of drug-likeness (QED) is 0.826. The number of rotatable bonds is 4. The van der Waals surface area contributed by atoms with Gasteiger partial charge in [-0.2, -0.15) is 0 Å². The number of carbonyl (C=O) groups excluding carboxylic acids is 2. The third kappa shape index (κ3) is 4.51. The van der Waals surface area contributed by atoms with E-state index in [0.717, 1.165) is 10.7 Å². The van der Waals surface area contributed by atoms with E-state index in [-0.39, 0.29) is 17.8 Å². The zero-order chi connectivity index (χ0) is 17.7. The average molecular weight is 348 g/mol. The molecule has 2 aromatic rings. The lowest BCUT2D eigenvalue weighted by molar-refractivity contribution is -0.136. The normalized spacial score (nSPS) is 11.0. The van der Waals surface area contributed by atoms with Crippen LogP contribution in [0.4, 0.5) is 5.69 Å². The Hall–Kier alpha value is -2.48. The average Bonchev–Trinajstić information content (AvgIpc) is 3.02. The summed E-state index contributed by atoms with van der Waals surface area (Å²) in [6.07, 6.45) is 1.53. The first kappa shape index (κ1) is 17.9. The summed E-state index contributed by atoms with van der Waals surface area (Å²) >= 11 is 1.54. The number of aromatic nitrogens is 2. The molecule has 2 N–H and O–H groups in total. The molecule has 0 radical (unpaired) electrons.